The van der Waals surface area contributed by atoms with Gasteiger partial charge in [-0.3, -0.25) is 4.57 Å². The lowest BCUT2D eigenvalue weighted by molar-refractivity contribution is 0.203. The molecule has 1 unspecified atom stereocenters. The second-order valence-corrected chi connectivity index (χ2v) is 9.18. The van der Waals surface area contributed by atoms with Crippen molar-refractivity contribution in [3.8, 4) is 0 Å². The first kappa shape index (κ1) is 17.4. The second-order valence-electron chi connectivity index (χ2n) is 6.76. The Morgan fingerprint density at radius 1 is 1.00 bits per heavy atom. The van der Waals surface area contributed by atoms with Gasteiger partial charge in [0.05, 0.1) is 0 Å². The summed E-state index contributed by atoms with van der Waals surface area (Å²) in [6, 6.07) is 22.5. The quantitative estimate of drug-likeness (QED) is 0.523. The van der Waals surface area contributed by atoms with Crippen LogP contribution in [0.25, 0.3) is 10.8 Å². The Hall–Kier alpha value is -2.00. The van der Waals surface area contributed by atoms with E-state index in [-0.39, 0.29) is 6.04 Å². The third kappa shape index (κ3) is 2.79. The molecule has 0 bridgehead atoms. The van der Waals surface area contributed by atoms with E-state index in [4.69, 9.17) is 4.52 Å². The second kappa shape index (κ2) is 6.62. The number of halogens is 1. The van der Waals surface area contributed by atoms with Crippen LogP contribution in [-0.4, -0.2) is 17.8 Å². The lowest BCUT2D eigenvalue weighted by Crippen LogP contribution is -2.24. The van der Waals surface area contributed by atoms with Crippen molar-refractivity contribution in [2.75, 3.05) is 7.05 Å². The zero-order chi connectivity index (χ0) is 18.3. The molecule has 0 saturated carbocycles. The normalized spacial score (nSPS) is 27.7. The van der Waals surface area contributed by atoms with Crippen LogP contribution in [0.4, 0.5) is 4.39 Å². The van der Waals surface area contributed by atoms with E-state index in [1.165, 1.54) is 0 Å². The van der Waals surface area contributed by atoms with E-state index >= 15 is 4.39 Å². The molecule has 134 valence electrons. The van der Waals surface area contributed by atoms with E-state index in [1.807, 2.05) is 67.6 Å². The molecule has 0 amide bonds. The standard InChI is InChI=1S/C21H21FNO2P/c1-15-20(17-9-4-3-5-10-17)25-26(24,23(15)2)21(22)19-13-12-16-8-6-7-11-18(16)14-19/h3-15,20-21H,1-2H3/t15-,20-,21-,26?/m0/s1. The molecule has 3 aromatic rings. The summed E-state index contributed by atoms with van der Waals surface area (Å²) in [5.74, 6) is -1.69. The van der Waals surface area contributed by atoms with Crippen LogP contribution in [0.5, 0.6) is 0 Å². The summed E-state index contributed by atoms with van der Waals surface area (Å²) in [7, 11) is -1.98. The molecule has 1 fully saturated rings. The first-order valence-corrected chi connectivity index (χ1v) is 10.3. The molecule has 0 spiro atoms. The number of likely N-dealkylation sites (N-methyl/N-ethyl adjacent to an activating group) is 1. The molecule has 1 saturated heterocycles. The van der Waals surface area contributed by atoms with Crippen molar-refractivity contribution in [2.45, 2.75) is 25.0 Å². The Morgan fingerprint density at radius 3 is 2.38 bits per heavy atom. The predicted molar refractivity (Wildman–Crippen MR) is 103 cm³/mol. The van der Waals surface area contributed by atoms with Crippen LogP contribution in [0.1, 0.15) is 30.1 Å². The minimum absolute atomic E-state index is 0.179. The minimum Gasteiger partial charge on any atom is -0.305 e. The van der Waals surface area contributed by atoms with Crippen molar-refractivity contribution in [1.82, 2.24) is 4.67 Å². The molecule has 5 heteroatoms. The number of nitrogens with zero attached hydrogens (tertiary/aromatic N) is 1. The average Bonchev–Trinajstić information content (AvgIpc) is 2.93. The van der Waals surface area contributed by atoms with Crippen LogP contribution in [0, 0.1) is 0 Å². The zero-order valence-electron chi connectivity index (χ0n) is 14.7. The smallest absolute Gasteiger partial charge is 0.305 e. The molecule has 1 aliphatic rings. The fourth-order valence-electron chi connectivity index (χ4n) is 3.51. The molecule has 0 N–H and O–H groups in total. The van der Waals surface area contributed by atoms with E-state index in [2.05, 4.69) is 0 Å². The van der Waals surface area contributed by atoms with Crippen LogP contribution in [-0.2, 0) is 9.09 Å². The Labute approximate surface area is 152 Å². The van der Waals surface area contributed by atoms with Crippen LogP contribution in [0.15, 0.2) is 72.8 Å². The molecule has 3 aromatic carbocycles. The molecular weight excluding hydrogens is 348 g/mol. The highest BCUT2D eigenvalue weighted by Gasteiger charge is 2.52. The number of hydrogen-bond donors (Lipinski definition) is 0. The van der Waals surface area contributed by atoms with Crippen LogP contribution in [0.3, 0.4) is 0 Å². The van der Waals surface area contributed by atoms with Crippen molar-refractivity contribution in [2.24, 2.45) is 0 Å². The topological polar surface area (TPSA) is 29.5 Å². The number of fused-ring (bicyclic) bond motifs is 1. The molecule has 3 nitrogen and oxygen atoms in total. The van der Waals surface area contributed by atoms with Crippen LogP contribution >= 0.6 is 7.52 Å². The maximum atomic E-state index is 15.4. The van der Waals surface area contributed by atoms with Crippen molar-refractivity contribution in [3.63, 3.8) is 0 Å². The third-order valence-electron chi connectivity index (χ3n) is 5.20. The molecule has 0 aliphatic carbocycles. The Kier molecular flexibility index (Phi) is 4.44. The first-order chi connectivity index (χ1) is 12.5. The van der Waals surface area contributed by atoms with E-state index in [0.29, 0.717) is 5.56 Å². The van der Waals surface area contributed by atoms with E-state index < -0.39 is 19.5 Å². The van der Waals surface area contributed by atoms with E-state index in [9.17, 15) is 4.57 Å². The van der Waals surface area contributed by atoms with Crippen LogP contribution in [0.2, 0.25) is 0 Å². The summed E-state index contributed by atoms with van der Waals surface area (Å²) < 4.78 is 36.4. The average molecular weight is 369 g/mol. The van der Waals surface area contributed by atoms with E-state index in [1.54, 1.807) is 23.9 Å². The molecule has 1 aliphatic heterocycles. The highest BCUT2D eigenvalue weighted by molar-refractivity contribution is 7.57. The van der Waals surface area contributed by atoms with Gasteiger partial charge in [0.25, 0.3) is 0 Å². The van der Waals surface area contributed by atoms with Crippen molar-refractivity contribution < 1.29 is 13.5 Å². The predicted octanol–water partition coefficient (Wildman–Crippen LogP) is 6.09. The van der Waals surface area contributed by atoms with Gasteiger partial charge < -0.3 is 4.52 Å². The minimum atomic E-state index is -3.66. The number of alkyl halides is 1. The van der Waals surface area contributed by atoms with Gasteiger partial charge in [-0.1, -0.05) is 66.7 Å². The van der Waals surface area contributed by atoms with Gasteiger partial charge in [-0.2, -0.15) is 0 Å². The van der Waals surface area contributed by atoms with Gasteiger partial charge in [0.2, 0.25) is 5.91 Å². The maximum absolute atomic E-state index is 15.4. The zero-order valence-corrected chi connectivity index (χ0v) is 15.6. The van der Waals surface area contributed by atoms with Gasteiger partial charge in [0, 0.05) is 6.04 Å². The summed E-state index contributed by atoms with van der Waals surface area (Å²) >= 11 is 0. The fraction of sp³-hybridized carbons (Fsp3) is 0.238. The number of rotatable bonds is 3. The summed E-state index contributed by atoms with van der Waals surface area (Å²) in [6.45, 7) is 1.92. The third-order valence-corrected chi connectivity index (χ3v) is 7.84. The SMILES string of the molecule is C[C@H]1[C@@H](c2ccccc2)OP(=O)([C@H](F)c2ccc3ccccc3c2)N1C. The van der Waals surface area contributed by atoms with E-state index in [0.717, 1.165) is 16.3 Å². The molecule has 1 heterocycles. The lowest BCUT2D eigenvalue weighted by Gasteiger charge is -2.24. The van der Waals surface area contributed by atoms with Gasteiger partial charge in [-0.25, -0.2) is 9.06 Å². The fourth-order valence-corrected chi connectivity index (χ4v) is 5.88. The Morgan fingerprint density at radius 2 is 1.65 bits per heavy atom. The van der Waals surface area contributed by atoms with Gasteiger partial charge in [-0.15, -0.1) is 0 Å². The highest BCUT2D eigenvalue weighted by atomic mass is 31.2. The Bertz CT molecular complexity index is 978. The van der Waals surface area contributed by atoms with Crippen molar-refractivity contribution >= 4 is 18.3 Å². The Balaban J connectivity index is 1.69. The molecule has 26 heavy (non-hydrogen) atoms. The molecule has 0 radical (unpaired) electrons. The maximum Gasteiger partial charge on any atom is 0.311 e. The molecule has 0 aromatic heterocycles. The molecule has 4 atom stereocenters. The van der Waals surface area contributed by atoms with Gasteiger partial charge in [0.15, 0.2) is 0 Å². The number of hydrogen-bond acceptors (Lipinski definition) is 2. The highest BCUT2D eigenvalue weighted by Crippen LogP contribution is 2.70. The van der Waals surface area contributed by atoms with Crippen molar-refractivity contribution in [3.05, 3.63) is 83.9 Å². The van der Waals surface area contributed by atoms with Gasteiger partial charge in [0.1, 0.15) is 6.10 Å². The van der Waals surface area contributed by atoms with Gasteiger partial charge in [-0.05, 0) is 41.9 Å². The van der Waals surface area contributed by atoms with Crippen LogP contribution < -0.4 is 0 Å². The summed E-state index contributed by atoms with van der Waals surface area (Å²) in [6.07, 6.45) is -0.411. The monoisotopic (exact) mass is 369 g/mol. The summed E-state index contributed by atoms with van der Waals surface area (Å²) in [5.41, 5.74) is 1.30. The summed E-state index contributed by atoms with van der Waals surface area (Å²) in [4.78, 5) is 0. The lowest BCUT2D eigenvalue weighted by atomic mass is 10.0. The largest absolute Gasteiger partial charge is 0.311 e. The molecular formula is C21H21FNO2P. The van der Waals surface area contributed by atoms with Gasteiger partial charge >= 0.3 is 7.52 Å². The number of benzene rings is 3. The van der Waals surface area contributed by atoms with Crippen molar-refractivity contribution in [1.29, 1.82) is 0 Å². The summed E-state index contributed by atoms with van der Waals surface area (Å²) in [5, 5.41) is 1.95. The molecule has 4 rings (SSSR count). The first-order valence-electron chi connectivity index (χ1n) is 8.70.